The number of rotatable bonds is 3. The number of aromatic nitrogens is 2. The number of nitrogens with zero attached hydrogens (tertiary/aromatic N) is 2. The van der Waals surface area contributed by atoms with Crippen LogP contribution in [-0.2, 0) is 6.54 Å². The number of H-pyrrole nitrogens is 1. The molecule has 1 aromatic carbocycles. The molecule has 4 nitrogen and oxygen atoms in total. The highest BCUT2D eigenvalue weighted by Crippen LogP contribution is 2.36. The van der Waals surface area contributed by atoms with Crippen LogP contribution in [-0.4, -0.2) is 28.0 Å². The molecule has 6 heteroatoms. The van der Waals surface area contributed by atoms with Gasteiger partial charge in [-0.15, -0.1) is 11.3 Å². The number of aromatic amines is 1. The van der Waals surface area contributed by atoms with E-state index < -0.39 is 0 Å². The number of hydrogen-bond donors (Lipinski definition) is 1. The number of fused-ring (bicyclic) bond motifs is 2. The van der Waals surface area contributed by atoms with Gasteiger partial charge >= 0.3 is 0 Å². The van der Waals surface area contributed by atoms with Crippen molar-refractivity contribution < 1.29 is 4.39 Å². The molecule has 5 rings (SSSR count). The Hall–Kier alpha value is -2.05. The van der Waals surface area contributed by atoms with Gasteiger partial charge in [0.25, 0.3) is 5.56 Å². The average Bonchev–Trinajstić information content (AvgIpc) is 3.13. The van der Waals surface area contributed by atoms with E-state index in [1.165, 1.54) is 55.6 Å². The predicted octanol–water partition coefficient (Wildman–Crippen LogP) is 4.80. The summed E-state index contributed by atoms with van der Waals surface area (Å²) in [6.07, 6.45) is 6.75. The monoisotopic (exact) mass is 397 g/mol. The van der Waals surface area contributed by atoms with Crippen LogP contribution in [0.2, 0.25) is 0 Å². The molecule has 2 atom stereocenters. The molecule has 3 heterocycles. The van der Waals surface area contributed by atoms with Crippen molar-refractivity contribution in [1.82, 2.24) is 14.9 Å². The van der Waals surface area contributed by atoms with E-state index >= 15 is 0 Å². The topological polar surface area (TPSA) is 49.0 Å². The van der Waals surface area contributed by atoms with Gasteiger partial charge in [-0.1, -0.05) is 31.4 Å². The van der Waals surface area contributed by atoms with Crippen LogP contribution in [0.5, 0.6) is 0 Å². The van der Waals surface area contributed by atoms with E-state index in [1.807, 2.05) is 5.38 Å². The van der Waals surface area contributed by atoms with E-state index in [1.54, 1.807) is 12.1 Å². The molecule has 1 aliphatic carbocycles. The highest BCUT2D eigenvalue weighted by atomic mass is 32.1. The van der Waals surface area contributed by atoms with Crippen LogP contribution in [0.15, 0.2) is 34.4 Å². The number of likely N-dealkylation sites (tertiary alicyclic amines) is 1. The van der Waals surface area contributed by atoms with Crippen LogP contribution in [0.4, 0.5) is 4.39 Å². The first-order chi connectivity index (χ1) is 13.7. The van der Waals surface area contributed by atoms with Gasteiger partial charge in [-0.25, -0.2) is 9.37 Å². The molecule has 1 saturated heterocycles. The Morgan fingerprint density at radius 3 is 2.75 bits per heavy atom. The number of nitrogens with one attached hydrogen (secondary N) is 1. The molecule has 28 heavy (non-hydrogen) atoms. The van der Waals surface area contributed by atoms with Crippen molar-refractivity contribution in [3.05, 3.63) is 51.6 Å². The minimum Gasteiger partial charge on any atom is -0.309 e. The van der Waals surface area contributed by atoms with E-state index in [-0.39, 0.29) is 11.4 Å². The van der Waals surface area contributed by atoms with Gasteiger partial charge in [-0.05, 0) is 48.9 Å². The van der Waals surface area contributed by atoms with Crippen molar-refractivity contribution in [3.63, 3.8) is 0 Å². The molecule has 146 valence electrons. The third-order valence-corrected chi connectivity index (χ3v) is 7.27. The first-order valence-electron chi connectivity index (χ1n) is 10.2. The molecule has 0 amide bonds. The molecule has 0 bridgehead atoms. The summed E-state index contributed by atoms with van der Waals surface area (Å²) in [6, 6.07) is 6.25. The maximum atomic E-state index is 13.2. The smallest absolute Gasteiger partial charge is 0.260 e. The molecule has 2 aromatic heterocycles. The third kappa shape index (κ3) is 3.40. The first-order valence-corrected chi connectivity index (χ1v) is 11.0. The van der Waals surface area contributed by atoms with Crippen LogP contribution in [0.1, 0.15) is 37.9 Å². The molecule has 0 spiro atoms. The van der Waals surface area contributed by atoms with Gasteiger partial charge < -0.3 is 4.98 Å². The van der Waals surface area contributed by atoms with Gasteiger partial charge in [0, 0.05) is 17.5 Å². The second-order valence-electron chi connectivity index (χ2n) is 8.18. The lowest BCUT2D eigenvalue weighted by atomic mass is 9.75. The van der Waals surface area contributed by atoms with Gasteiger partial charge in [0.2, 0.25) is 0 Å². The van der Waals surface area contributed by atoms with Crippen LogP contribution in [0.3, 0.4) is 0 Å². The molecule has 1 N–H and O–H groups in total. The lowest BCUT2D eigenvalue weighted by molar-refractivity contribution is 0.0803. The number of benzene rings is 1. The maximum Gasteiger partial charge on any atom is 0.260 e. The first kappa shape index (κ1) is 18.0. The Balaban J connectivity index is 1.40. The minimum atomic E-state index is -0.278. The highest BCUT2D eigenvalue weighted by molar-refractivity contribution is 7.17. The van der Waals surface area contributed by atoms with E-state index in [9.17, 15) is 9.18 Å². The van der Waals surface area contributed by atoms with Crippen molar-refractivity contribution in [2.45, 2.75) is 38.6 Å². The molecule has 0 radical (unpaired) electrons. The summed E-state index contributed by atoms with van der Waals surface area (Å²) < 4.78 is 13.2. The Morgan fingerprint density at radius 2 is 1.93 bits per heavy atom. The molecule has 2 fully saturated rings. The molecular weight excluding hydrogens is 373 g/mol. The Labute approximate surface area is 167 Å². The predicted molar refractivity (Wildman–Crippen MR) is 111 cm³/mol. The lowest BCUT2D eigenvalue weighted by Gasteiger charge is -2.41. The fraction of sp³-hybridized carbons (Fsp3) is 0.455. The van der Waals surface area contributed by atoms with Crippen LogP contribution in [0.25, 0.3) is 21.3 Å². The van der Waals surface area contributed by atoms with Crippen LogP contribution < -0.4 is 5.56 Å². The summed E-state index contributed by atoms with van der Waals surface area (Å²) in [6.45, 7) is 2.92. The van der Waals surface area contributed by atoms with Crippen molar-refractivity contribution in [3.8, 4) is 11.1 Å². The molecule has 1 aliphatic heterocycles. The van der Waals surface area contributed by atoms with E-state index in [2.05, 4.69) is 9.88 Å². The molecular formula is C22H24FN3OS. The van der Waals surface area contributed by atoms with Gasteiger partial charge in [-0.3, -0.25) is 9.69 Å². The van der Waals surface area contributed by atoms with Crippen molar-refractivity contribution >= 4 is 21.6 Å². The summed E-state index contributed by atoms with van der Waals surface area (Å²) in [7, 11) is 0. The quantitative estimate of drug-likeness (QED) is 0.690. The SMILES string of the molecule is O=c1[nH]c(CN2CC[C@@H]3CCCC[C@H]3C2)nc2scc(-c3ccc(F)cc3)c12. The van der Waals surface area contributed by atoms with Crippen LogP contribution >= 0.6 is 11.3 Å². The fourth-order valence-electron chi connectivity index (χ4n) is 4.94. The molecule has 0 unspecified atom stereocenters. The van der Waals surface area contributed by atoms with Crippen molar-refractivity contribution in [2.75, 3.05) is 13.1 Å². The maximum absolute atomic E-state index is 13.2. The van der Waals surface area contributed by atoms with Crippen molar-refractivity contribution in [1.29, 1.82) is 0 Å². The largest absolute Gasteiger partial charge is 0.309 e. The van der Waals surface area contributed by atoms with Gasteiger partial charge in [0.15, 0.2) is 0 Å². The van der Waals surface area contributed by atoms with E-state index in [0.29, 0.717) is 11.9 Å². The highest BCUT2D eigenvalue weighted by Gasteiger charge is 2.31. The summed E-state index contributed by atoms with van der Waals surface area (Å²) in [5, 5.41) is 2.55. The summed E-state index contributed by atoms with van der Waals surface area (Å²) >= 11 is 1.48. The zero-order valence-corrected chi connectivity index (χ0v) is 16.6. The number of thiophene rings is 1. The molecule has 2 aliphatic rings. The van der Waals surface area contributed by atoms with Gasteiger partial charge in [0.05, 0.1) is 11.9 Å². The number of hydrogen-bond acceptors (Lipinski definition) is 4. The van der Waals surface area contributed by atoms with Crippen LogP contribution in [0, 0.1) is 17.7 Å². The lowest BCUT2D eigenvalue weighted by Crippen LogP contribution is -2.41. The second kappa shape index (κ2) is 7.41. The number of halogens is 1. The zero-order chi connectivity index (χ0) is 19.1. The summed E-state index contributed by atoms with van der Waals surface area (Å²) in [5.74, 6) is 2.18. The van der Waals surface area contributed by atoms with E-state index in [4.69, 9.17) is 4.98 Å². The zero-order valence-electron chi connectivity index (χ0n) is 15.8. The van der Waals surface area contributed by atoms with Gasteiger partial charge in [0.1, 0.15) is 16.5 Å². The van der Waals surface area contributed by atoms with Crippen molar-refractivity contribution in [2.24, 2.45) is 11.8 Å². The Morgan fingerprint density at radius 1 is 1.14 bits per heavy atom. The number of piperidine rings is 1. The second-order valence-corrected chi connectivity index (χ2v) is 9.04. The average molecular weight is 398 g/mol. The molecule has 1 saturated carbocycles. The third-order valence-electron chi connectivity index (χ3n) is 6.40. The summed E-state index contributed by atoms with van der Waals surface area (Å²) in [4.78, 5) is 23.8. The molecule has 3 aromatic rings. The Kier molecular flexibility index (Phi) is 4.77. The standard InChI is InChI=1S/C22H24FN3OS/c23-17-7-5-15(6-8-17)18-13-28-22-20(18)21(27)24-19(25-22)12-26-10-9-14-3-1-2-4-16(14)11-26/h5-8,13-14,16H,1-4,9-12H2,(H,24,25,27)/t14-,16-/m0/s1. The fourth-order valence-corrected chi connectivity index (χ4v) is 5.91. The Bertz CT molecular complexity index is 1040. The van der Waals surface area contributed by atoms with Gasteiger partial charge in [-0.2, -0.15) is 0 Å². The van der Waals surface area contributed by atoms with E-state index in [0.717, 1.165) is 46.7 Å². The normalized spacial score (nSPS) is 23.0. The summed E-state index contributed by atoms with van der Waals surface area (Å²) in [5.41, 5.74) is 1.56. The minimum absolute atomic E-state index is 0.104.